The van der Waals surface area contributed by atoms with E-state index in [0.29, 0.717) is 0 Å². The zero-order chi connectivity index (χ0) is 9.56. The van der Waals surface area contributed by atoms with Crippen LogP contribution in [0.15, 0.2) is 12.3 Å². The first-order valence-corrected chi connectivity index (χ1v) is 4.21. The van der Waals surface area contributed by atoms with Crippen molar-refractivity contribution in [1.82, 2.24) is 4.90 Å². The van der Waals surface area contributed by atoms with E-state index in [2.05, 4.69) is 6.92 Å². The van der Waals surface area contributed by atoms with E-state index in [9.17, 15) is 4.79 Å². The van der Waals surface area contributed by atoms with E-state index in [1.807, 2.05) is 12.3 Å². The number of aliphatic carboxylic acids is 1. The van der Waals surface area contributed by atoms with Crippen LogP contribution in [0.4, 0.5) is 0 Å². The number of carboxylic acid groups (broad SMARTS) is 1. The van der Waals surface area contributed by atoms with Crippen LogP contribution in [0.1, 0.15) is 26.7 Å². The van der Waals surface area contributed by atoms with Gasteiger partial charge in [-0.2, -0.15) is 0 Å². The van der Waals surface area contributed by atoms with Gasteiger partial charge in [-0.25, -0.2) is 4.79 Å². The molecule has 0 saturated carbocycles. The summed E-state index contributed by atoms with van der Waals surface area (Å²) in [4.78, 5) is 12.2. The molecule has 0 aromatic rings. The minimum Gasteiger partial charge on any atom is -0.480 e. The fourth-order valence-corrected chi connectivity index (χ4v) is 0.711. The van der Waals surface area contributed by atoms with Crippen molar-refractivity contribution < 1.29 is 9.90 Å². The number of nitrogens with zero attached hydrogens (tertiary/aromatic N) is 1. The zero-order valence-electron chi connectivity index (χ0n) is 7.95. The lowest BCUT2D eigenvalue weighted by Crippen LogP contribution is -2.31. The van der Waals surface area contributed by atoms with Crippen molar-refractivity contribution in [3.8, 4) is 0 Å². The van der Waals surface area contributed by atoms with E-state index in [4.69, 9.17) is 5.11 Å². The van der Waals surface area contributed by atoms with Gasteiger partial charge in [-0.1, -0.05) is 19.4 Å². The van der Waals surface area contributed by atoms with E-state index in [1.165, 1.54) is 0 Å². The summed E-state index contributed by atoms with van der Waals surface area (Å²) < 4.78 is 0. The topological polar surface area (TPSA) is 40.5 Å². The number of unbranched alkanes of at least 4 members (excludes halogenated alkanes) is 1. The van der Waals surface area contributed by atoms with Crippen molar-refractivity contribution in [2.45, 2.75) is 32.7 Å². The van der Waals surface area contributed by atoms with Gasteiger partial charge in [0.15, 0.2) is 0 Å². The summed E-state index contributed by atoms with van der Waals surface area (Å²) in [5.41, 5.74) is 0. The third-order valence-electron chi connectivity index (χ3n) is 1.76. The van der Waals surface area contributed by atoms with E-state index in [1.54, 1.807) is 18.9 Å². The van der Waals surface area contributed by atoms with Crippen LogP contribution < -0.4 is 0 Å². The predicted molar refractivity (Wildman–Crippen MR) is 48.9 cm³/mol. The first kappa shape index (κ1) is 11.0. The third kappa shape index (κ3) is 4.01. The molecule has 0 aliphatic carbocycles. The van der Waals surface area contributed by atoms with Gasteiger partial charge in [0, 0.05) is 7.05 Å². The highest BCUT2D eigenvalue weighted by molar-refractivity contribution is 5.72. The quantitative estimate of drug-likeness (QED) is 0.684. The van der Waals surface area contributed by atoms with Crippen molar-refractivity contribution in [1.29, 1.82) is 0 Å². The average molecular weight is 171 g/mol. The summed E-state index contributed by atoms with van der Waals surface area (Å²) in [5, 5.41) is 8.63. The van der Waals surface area contributed by atoms with Crippen molar-refractivity contribution >= 4 is 5.97 Å². The molecule has 12 heavy (non-hydrogen) atoms. The molecule has 0 heterocycles. The molecule has 0 rings (SSSR count). The summed E-state index contributed by atoms with van der Waals surface area (Å²) in [6.45, 7) is 3.75. The Morgan fingerprint density at radius 3 is 2.67 bits per heavy atom. The number of rotatable bonds is 5. The Morgan fingerprint density at radius 1 is 1.67 bits per heavy atom. The van der Waals surface area contributed by atoms with E-state index >= 15 is 0 Å². The molecule has 3 heteroatoms. The van der Waals surface area contributed by atoms with Crippen molar-refractivity contribution in [3.63, 3.8) is 0 Å². The fourth-order valence-electron chi connectivity index (χ4n) is 0.711. The first-order chi connectivity index (χ1) is 5.59. The number of hydrogen-bond donors (Lipinski definition) is 1. The zero-order valence-corrected chi connectivity index (χ0v) is 7.95. The number of carbonyl (C=O) groups is 1. The predicted octanol–water partition coefficient (Wildman–Crippen LogP) is 1.71. The van der Waals surface area contributed by atoms with Gasteiger partial charge < -0.3 is 10.0 Å². The molecule has 0 radical (unpaired) electrons. The second-order valence-corrected chi connectivity index (χ2v) is 2.85. The van der Waals surface area contributed by atoms with Crippen LogP contribution in [0.5, 0.6) is 0 Å². The smallest absolute Gasteiger partial charge is 0.326 e. The molecule has 0 amide bonds. The Bertz CT molecular complexity index is 166. The lowest BCUT2D eigenvalue weighted by atomic mass is 10.3. The molecule has 1 atom stereocenters. The van der Waals surface area contributed by atoms with Crippen LogP contribution in [0.2, 0.25) is 0 Å². The average Bonchev–Trinajstić information content (AvgIpc) is 2.03. The summed E-state index contributed by atoms with van der Waals surface area (Å²) in [6.07, 6.45) is 5.89. The minimum absolute atomic E-state index is 0.446. The molecule has 1 N–H and O–H groups in total. The van der Waals surface area contributed by atoms with Gasteiger partial charge in [-0.15, -0.1) is 0 Å². The SMILES string of the molecule is CCCC=CN(C)[C@@H](C)C(=O)O. The summed E-state index contributed by atoms with van der Waals surface area (Å²) in [7, 11) is 1.77. The van der Waals surface area contributed by atoms with Gasteiger partial charge in [0.1, 0.15) is 6.04 Å². The Kier molecular flexibility index (Phi) is 5.17. The van der Waals surface area contributed by atoms with Crippen LogP contribution in [-0.4, -0.2) is 29.1 Å². The molecular weight excluding hydrogens is 154 g/mol. The van der Waals surface area contributed by atoms with E-state index in [0.717, 1.165) is 12.8 Å². The van der Waals surface area contributed by atoms with Gasteiger partial charge in [0.05, 0.1) is 0 Å². The summed E-state index contributed by atoms with van der Waals surface area (Å²) in [5.74, 6) is -0.793. The Morgan fingerprint density at radius 2 is 2.25 bits per heavy atom. The minimum atomic E-state index is -0.793. The van der Waals surface area contributed by atoms with Crippen molar-refractivity contribution in [3.05, 3.63) is 12.3 Å². The lowest BCUT2D eigenvalue weighted by molar-refractivity contribution is -0.141. The molecule has 0 aromatic carbocycles. The Hall–Kier alpha value is -0.990. The van der Waals surface area contributed by atoms with E-state index < -0.39 is 12.0 Å². The first-order valence-electron chi connectivity index (χ1n) is 4.21. The fraction of sp³-hybridized carbons (Fsp3) is 0.667. The molecule has 0 aliphatic rings. The number of hydrogen-bond acceptors (Lipinski definition) is 2. The molecule has 3 nitrogen and oxygen atoms in total. The van der Waals surface area contributed by atoms with Crippen LogP contribution in [0.3, 0.4) is 0 Å². The number of carboxylic acids is 1. The standard InChI is InChI=1S/C9H17NO2/c1-4-5-6-7-10(3)8(2)9(11)12/h6-8H,4-5H2,1-3H3,(H,11,12)/t8-/m0/s1. The maximum absolute atomic E-state index is 10.5. The van der Waals surface area contributed by atoms with Crippen LogP contribution in [0.25, 0.3) is 0 Å². The molecule has 0 aliphatic heterocycles. The monoisotopic (exact) mass is 171 g/mol. The molecule has 0 bridgehead atoms. The normalized spacial score (nSPS) is 13.2. The second-order valence-electron chi connectivity index (χ2n) is 2.85. The van der Waals surface area contributed by atoms with Gasteiger partial charge in [0.2, 0.25) is 0 Å². The molecule has 0 spiro atoms. The largest absolute Gasteiger partial charge is 0.480 e. The Labute approximate surface area is 73.7 Å². The highest BCUT2D eigenvalue weighted by Gasteiger charge is 2.12. The highest BCUT2D eigenvalue weighted by atomic mass is 16.4. The van der Waals surface area contributed by atoms with Crippen molar-refractivity contribution in [2.24, 2.45) is 0 Å². The summed E-state index contributed by atoms with van der Waals surface area (Å²) >= 11 is 0. The molecular formula is C9H17NO2. The molecule has 0 aromatic heterocycles. The third-order valence-corrected chi connectivity index (χ3v) is 1.76. The molecule has 0 saturated heterocycles. The van der Waals surface area contributed by atoms with Gasteiger partial charge in [0.25, 0.3) is 0 Å². The molecule has 0 fully saturated rings. The van der Waals surface area contributed by atoms with Crippen molar-refractivity contribution in [2.75, 3.05) is 7.05 Å². The van der Waals surface area contributed by atoms with Crippen LogP contribution in [-0.2, 0) is 4.79 Å². The van der Waals surface area contributed by atoms with Crippen LogP contribution >= 0.6 is 0 Å². The van der Waals surface area contributed by atoms with Gasteiger partial charge in [-0.3, -0.25) is 0 Å². The maximum atomic E-state index is 10.5. The highest BCUT2D eigenvalue weighted by Crippen LogP contribution is 1.98. The number of likely N-dealkylation sites (N-methyl/N-ethyl adjacent to an activating group) is 1. The van der Waals surface area contributed by atoms with Gasteiger partial charge >= 0.3 is 5.97 Å². The number of allylic oxidation sites excluding steroid dienone is 1. The van der Waals surface area contributed by atoms with E-state index in [-0.39, 0.29) is 0 Å². The Balaban J connectivity index is 3.85. The van der Waals surface area contributed by atoms with Gasteiger partial charge in [-0.05, 0) is 19.5 Å². The lowest BCUT2D eigenvalue weighted by Gasteiger charge is -2.18. The second kappa shape index (κ2) is 5.63. The molecule has 70 valence electrons. The maximum Gasteiger partial charge on any atom is 0.326 e. The summed E-state index contributed by atoms with van der Waals surface area (Å²) in [6, 6.07) is -0.446. The van der Waals surface area contributed by atoms with Crippen LogP contribution in [0, 0.1) is 0 Å². The molecule has 0 unspecified atom stereocenters.